The van der Waals surface area contributed by atoms with Crippen LogP contribution in [0.1, 0.15) is 43.6 Å². The number of aromatic nitrogens is 2. The molecule has 0 spiro atoms. The molecule has 2 atom stereocenters. The summed E-state index contributed by atoms with van der Waals surface area (Å²) in [7, 11) is 3.94. The molecule has 2 fully saturated rings. The van der Waals surface area contributed by atoms with Crippen LogP contribution in [0.4, 0.5) is 16.6 Å². The molecule has 2 aliphatic carbocycles. The predicted octanol–water partition coefficient (Wildman–Crippen LogP) is 3.12. The third-order valence-corrected chi connectivity index (χ3v) is 5.83. The minimum absolute atomic E-state index is 0.0353. The third-order valence-electron chi connectivity index (χ3n) is 5.83. The first-order valence-corrected chi connectivity index (χ1v) is 10.5. The monoisotopic (exact) mass is 394 g/mol. The topological polar surface area (TPSA) is 82.2 Å². The van der Waals surface area contributed by atoms with Crippen molar-refractivity contribution in [1.29, 1.82) is 0 Å². The summed E-state index contributed by atoms with van der Waals surface area (Å²) in [6, 6.07) is 13.1. The van der Waals surface area contributed by atoms with Crippen LogP contribution < -0.4 is 20.9 Å². The first-order chi connectivity index (χ1) is 14.1. The van der Waals surface area contributed by atoms with Crippen molar-refractivity contribution in [3.8, 4) is 0 Å². The smallest absolute Gasteiger partial charge is 0.315 e. The third kappa shape index (κ3) is 5.16. The number of hydrogen-bond donors (Lipinski definition) is 3. The summed E-state index contributed by atoms with van der Waals surface area (Å²) in [6.07, 6.45) is 6.73. The molecule has 1 heterocycles. The molecule has 7 nitrogen and oxygen atoms in total. The lowest BCUT2D eigenvalue weighted by atomic mass is 9.91. The normalized spacial score (nSPS) is 25.7. The van der Waals surface area contributed by atoms with Gasteiger partial charge in [0.05, 0.1) is 0 Å². The molecule has 2 saturated carbocycles. The van der Waals surface area contributed by atoms with Crippen LogP contribution in [0.2, 0.25) is 0 Å². The Hall–Kier alpha value is -2.83. The number of nitrogens with zero attached hydrogens (tertiary/aromatic N) is 3. The van der Waals surface area contributed by atoms with Crippen molar-refractivity contribution in [2.75, 3.05) is 24.3 Å². The Kier molecular flexibility index (Phi) is 5.83. The van der Waals surface area contributed by atoms with Crippen molar-refractivity contribution in [3.63, 3.8) is 0 Å². The van der Waals surface area contributed by atoms with Crippen LogP contribution in [-0.2, 0) is 0 Å². The van der Waals surface area contributed by atoms with E-state index in [0.29, 0.717) is 17.9 Å². The highest BCUT2D eigenvalue weighted by atomic mass is 16.2. The van der Waals surface area contributed by atoms with E-state index in [0.717, 1.165) is 37.9 Å². The van der Waals surface area contributed by atoms with Gasteiger partial charge in [0.2, 0.25) is 5.95 Å². The number of urea groups is 1. The van der Waals surface area contributed by atoms with Crippen molar-refractivity contribution in [1.82, 2.24) is 20.6 Å². The van der Waals surface area contributed by atoms with Crippen molar-refractivity contribution < 1.29 is 4.79 Å². The molecule has 29 heavy (non-hydrogen) atoms. The predicted molar refractivity (Wildman–Crippen MR) is 115 cm³/mol. The van der Waals surface area contributed by atoms with Gasteiger partial charge in [0.15, 0.2) is 0 Å². The average molecular weight is 395 g/mol. The summed E-state index contributed by atoms with van der Waals surface area (Å²) in [5.41, 5.74) is 1.31. The lowest BCUT2D eigenvalue weighted by Gasteiger charge is -2.29. The Balaban J connectivity index is 1.18. The van der Waals surface area contributed by atoms with Gasteiger partial charge < -0.3 is 20.9 Å². The van der Waals surface area contributed by atoms with Crippen LogP contribution in [0.5, 0.6) is 0 Å². The highest BCUT2D eigenvalue weighted by molar-refractivity contribution is 5.75. The standard InChI is InChI=1S/C22H30N6O/c1-28(2)20-12-13-23-21(27-20)24-16-8-10-17(11-9-16)25-22(29)26-19-14-18(19)15-6-4-3-5-7-15/h3-7,12-13,16-19H,8-11,14H2,1-2H3,(H,23,24,27)(H2,25,26,29)/t16?,17?,18-,19?/m0/s1. The minimum atomic E-state index is -0.0353. The highest BCUT2D eigenvalue weighted by Gasteiger charge is 2.39. The van der Waals surface area contributed by atoms with Gasteiger partial charge in [-0.2, -0.15) is 4.98 Å². The number of nitrogens with one attached hydrogen (secondary N) is 3. The fourth-order valence-corrected chi connectivity index (χ4v) is 4.05. The highest BCUT2D eigenvalue weighted by Crippen LogP contribution is 2.40. The quantitative estimate of drug-likeness (QED) is 0.701. The van der Waals surface area contributed by atoms with Gasteiger partial charge in [0, 0.05) is 44.3 Å². The number of carbonyl (C=O) groups excluding carboxylic acids is 1. The summed E-state index contributed by atoms with van der Waals surface area (Å²) >= 11 is 0. The van der Waals surface area contributed by atoms with Crippen molar-refractivity contribution in [2.24, 2.45) is 0 Å². The van der Waals surface area contributed by atoms with Crippen molar-refractivity contribution >= 4 is 17.8 Å². The maximum atomic E-state index is 12.3. The van der Waals surface area contributed by atoms with E-state index < -0.39 is 0 Å². The second kappa shape index (κ2) is 8.68. The number of anilines is 2. The van der Waals surface area contributed by atoms with Crippen LogP contribution in [-0.4, -0.2) is 48.2 Å². The van der Waals surface area contributed by atoms with E-state index in [1.807, 2.05) is 31.1 Å². The Morgan fingerprint density at radius 3 is 2.45 bits per heavy atom. The summed E-state index contributed by atoms with van der Waals surface area (Å²) in [4.78, 5) is 23.2. The lowest BCUT2D eigenvalue weighted by molar-refractivity contribution is 0.231. The molecule has 2 aliphatic rings. The van der Waals surface area contributed by atoms with Crippen molar-refractivity contribution in [2.45, 2.75) is 56.1 Å². The Labute approximate surface area is 172 Å². The zero-order valence-corrected chi connectivity index (χ0v) is 17.1. The van der Waals surface area contributed by atoms with E-state index in [1.54, 1.807) is 6.20 Å². The van der Waals surface area contributed by atoms with Gasteiger partial charge in [-0.1, -0.05) is 30.3 Å². The molecule has 2 aromatic rings. The van der Waals surface area contributed by atoms with Crippen molar-refractivity contribution in [3.05, 3.63) is 48.2 Å². The minimum Gasteiger partial charge on any atom is -0.363 e. The molecule has 1 aromatic heterocycles. The van der Waals surface area contributed by atoms with Crippen LogP contribution >= 0.6 is 0 Å². The van der Waals surface area contributed by atoms with E-state index in [4.69, 9.17) is 0 Å². The molecule has 3 N–H and O–H groups in total. The first kappa shape index (κ1) is 19.5. The van der Waals surface area contributed by atoms with Gasteiger partial charge in [-0.3, -0.25) is 0 Å². The first-order valence-electron chi connectivity index (χ1n) is 10.5. The fraction of sp³-hybridized carbons (Fsp3) is 0.500. The molecular formula is C22H30N6O. The van der Waals surface area contributed by atoms with Gasteiger partial charge in [-0.05, 0) is 43.7 Å². The molecule has 154 valence electrons. The largest absolute Gasteiger partial charge is 0.363 e. The van der Waals surface area contributed by atoms with Crippen LogP contribution in [0, 0.1) is 0 Å². The molecule has 0 radical (unpaired) electrons. The number of rotatable bonds is 6. The zero-order chi connectivity index (χ0) is 20.2. The average Bonchev–Trinajstić information content (AvgIpc) is 3.49. The zero-order valence-electron chi connectivity index (χ0n) is 17.1. The van der Waals surface area contributed by atoms with E-state index in [9.17, 15) is 4.79 Å². The molecule has 0 aliphatic heterocycles. The van der Waals surface area contributed by atoms with Crippen LogP contribution in [0.15, 0.2) is 42.6 Å². The van der Waals surface area contributed by atoms with E-state index in [-0.39, 0.29) is 18.1 Å². The molecule has 0 bridgehead atoms. The van der Waals surface area contributed by atoms with E-state index in [2.05, 4.69) is 50.2 Å². The second-order valence-electron chi connectivity index (χ2n) is 8.30. The number of amides is 2. The number of hydrogen-bond acceptors (Lipinski definition) is 5. The van der Waals surface area contributed by atoms with Crippen LogP contribution in [0.3, 0.4) is 0 Å². The molecule has 4 rings (SSSR count). The van der Waals surface area contributed by atoms with Crippen LogP contribution in [0.25, 0.3) is 0 Å². The lowest BCUT2D eigenvalue weighted by Crippen LogP contribution is -2.45. The van der Waals surface area contributed by atoms with Gasteiger partial charge >= 0.3 is 6.03 Å². The molecule has 0 saturated heterocycles. The SMILES string of the molecule is CN(C)c1ccnc(NC2CCC(NC(=O)NC3C[C@H]3c3ccccc3)CC2)n1. The van der Waals surface area contributed by atoms with Gasteiger partial charge in [0.25, 0.3) is 0 Å². The Bertz CT molecular complexity index is 819. The Morgan fingerprint density at radius 1 is 1.00 bits per heavy atom. The summed E-state index contributed by atoms with van der Waals surface area (Å²) in [5.74, 6) is 2.02. The second-order valence-corrected chi connectivity index (χ2v) is 8.30. The van der Waals surface area contributed by atoms with Gasteiger partial charge in [-0.15, -0.1) is 0 Å². The molecule has 1 unspecified atom stereocenters. The fourth-order valence-electron chi connectivity index (χ4n) is 4.05. The molecule has 7 heteroatoms. The van der Waals surface area contributed by atoms with E-state index in [1.165, 1.54) is 5.56 Å². The number of benzene rings is 1. The molecule has 2 amide bonds. The summed E-state index contributed by atoms with van der Waals surface area (Å²) in [5, 5.41) is 9.72. The Morgan fingerprint density at radius 2 is 1.72 bits per heavy atom. The summed E-state index contributed by atoms with van der Waals surface area (Å²) < 4.78 is 0. The molecular weight excluding hydrogens is 364 g/mol. The maximum absolute atomic E-state index is 12.3. The summed E-state index contributed by atoms with van der Waals surface area (Å²) in [6.45, 7) is 0. The van der Waals surface area contributed by atoms with Gasteiger partial charge in [0.1, 0.15) is 5.82 Å². The van der Waals surface area contributed by atoms with E-state index >= 15 is 0 Å². The molecule has 1 aromatic carbocycles. The van der Waals surface area contributed by atoms with Gasteiger partial charge in [-0.25, -0.2) is 9.78 Å². The maximum Gasteiger partial charge on any atom is 0.315 e. The number of carbonyl (C=O) groups is 1.